The summed E-state index contributed by atoms with van der Waals surface area (Å²) in [5.41, 5.74) is 0.890. The molecule has 0 radical (unpaired) electrons. The fraction of sp³-hybridized carbons (Fsp3) is 0.529. The van der Waals surface area contributed by atoms with Crippen LogP contribution in [0.15, 0.2) is 4.42 Å². The summed E-state index contributed by atoms with van der Waals surface area (Å²) in [4.78, 5) is 28.8. The van der Waals surface area contributed by atoms with Crippen LogP contribution in [0.4, 0.5) is 0 Å². The van der Waals surface area contributed by atoms with Crippen LogP contribution in [0.1, 0.15) is 63.1 Å². The van der Waals surface area contributed by atoms with E-state index in [1.165, 1.54) is 0 Å². The maximum Gasteiger partial charge on any atom is 0.255 e. The van der Waals surface area contributed by atoms with Crippen LogP contribution in [0.2, 0.25) is 0 Å². The molecule has 1 N–H and O–H groups in total. The van der Waals surface area contributed by atoms with E-state index in [4.69, 9.17) is 4.42 Å². The van der Waals surface area contributed by atoms with Gasteiger partial charge in [0.2, 0.25) is 0 Å². The number of nitrogens with one attached hydrogen (secondary N) is 1. The topological polar surface area (TPSA) is 90.0 Å². The van der Waals surface area contributed by atoms with Gasteiger partial charge in [-0.25, -0.2) is 4.98 Å². The first kappa shape index (κ1) is 16.4. The molecule has 2 aromatic heterocycles. The first-order valence-corrected chi connectivity index (χ1v) is 8.29. The van der Waals surface area contributed by atoms with Crippen molar-refractivity contribution < 1.29 is 14.0 Å². The summed E-state index contributed by atoms with van der Waals surface area (Å²) in [7, 11) is 0. The number of hydrogen-bond donors (Lipinski definition) is 1. The maximum atomic E-state index is 12.5. The predicted octanol–water partition coefficient (Wildman–Crippen LogP) is 2.14. The third kappa shape index (κ3) is 3.11. The van der Waals surface area contributed by atoms with Gasteiger partial charge < -0.3 is 9.73 Å². The number of rotatable bonds is 5. The highest BCUT2D eigenvalue weighted by atomic mass is 16.3. The number of carbonyl (C=O) groups excluding carboxylic acids is 2. The van der Waals surface area contributed by atoms with E-state index in [0.29, 0.717) is 42.2 Å². The van der Waals surface area contributed by atoms with E-state index in [1.54, 1.807) is 6.92 Å². The van der Waals surface area contributed by atoms with Crippen molar-refractivity contribution in [3.8, 4) is 0 Å². The summed E-state index contributed by atoms with van der Waals surface area (Å²) < 4.78 is 7.45. The first-order valence-electron chi connectivity index (χ1n) is 8.29. The Morgan fingerprint density at radius 2 is 2.08 bits per heavy atom. The van der Waals surface area contributed by atoms with Gasteiger partial charge in [-0.3, -0.25) is 14.3 Å². The Labute approximate surface area is 140 Å². The molecule has 0 spiro atoms. The second-order valence-corrected chi connectivity index (χ2v) is 6.15. The van der Waals surface area contributed by atoms with Gasteiger partial charge in [-0.1, -0.05) is 0 Å². The minimum atomic E-state index is -0.237. The van der Waals surface area contributed by atoms with Crippen LogP contribution < -0.4 is 5.32 Å². The molecule has 2 aromatic rings. The highest BCUT2D eigenvalue weighted by Crippen LogP contribution is 2.29. The van der Waals surface area contributed by atoms with Crippen LogP contribution in [-0.2, 0) is 13.0 Å². The lowest BCUT2D eigenvalue weighted by Crippen LogP contribution is -2.27. The number of fused-ring (bicyclic) bond motifs is 1. The highest BCUT2D eigenvalue weighted by Gasteiger charge is 2.30. The second-order valence-electron chi connectivity index (χ2n) is 6.15. The lowest BCUT2D eigenvalue weighted by Gasteiger charge is -2.10. The predicted molar refractivity (Wildman–Crippen MR) is 87.2 cm³/mol. The Kier molecular flexibility index (Phi) is 4.51. The number of amides is 1. The normalized spacial score (nSPS) is 13.9. The summed E-state index contributed by atoms with van der Waals surface area (Å²) in [5.74, 6) is 2.56. The van der Waals surface area contributed by atoms with Crippen LogP contribution in [0.3, 0.4) is 0 Å². The summed E-state index contributed by atoms with van der Waals surface area (Å²) >= 11 is 0. The highest BCUT2D eigenvalue weighted by molar-refractivity contribution is 6.09. The Bertz CT molecular complexity index is 788. The van der Waals surface area contributed by atoms with Gasteiger partial charge in [0.25, 0.3) is 5.91 Å². The monoisotopic (exact) mass is 330 g/mol. The number of Topliss-reactive ketones (excluding diaryl/α,β-unsaturated/α-hetero) is 1. The number of carbonyl (C=O) groups is 2. The van der Waals surface area contributed by atoms with E-state index in [1.807, 2.05) is 18.5 Å². The molecule has 7 nitrogen and oxygen atoms in total. The SMILES string of the molecule is Cc1nc(C)n(CCCNC(=O)c2c(C)oc3c2C(=O)CCC3)n1. The number of ketones is 1. The standard InChI is InChI=1S/C17H22N4O3/c1-10-15(16-13(22)6-4-7-14(16)24-10)17(23)18-8-5-9-21-12(3)19-11(2)20-21/h4-9H2,1-3H3,(H,18,23). The van der Waals surface area contributed by atoms with Crippen molar-refractivity contribution in [2.75, 3.05) is 6.54 Å². The molecular weight excluding hydrogens is 308 g/mol. The van der Waals surface area contributed by atoms with E-state index < -0.39 is 0 Å². The molecular formula is C17H22N4O3. The van der Waals surface area contributed by atoms with Crippen molar-refractivity contribution in [1.82, 2.24) is 20.1 Å². The van der Waals surface area contributed by atoms with Crippen LogP contribution in [0.5, 0.6) is 0 Å². The summed E-state index contributed by atoms with van der Waals surface area (Å²) in [5, 5.41) is 7.17. The summed E-state index contributed by atoms with van der Waals surface area (Å²) in [6.45, 7) is 6.69. The molecule has 2 heterocycles. The fourth-order valence-electron chi connectivity index (χ4n) is 3.17. The van der Waals surface area contributed by atoms with Gasteiger partial charge in [0.1, 0.15) is 23.2 Å². The van der Waals surface area contributed by atoms with Gasteiger partial charge in [0, 0.05) is 25.9 Å². The first-order chi connectivity index (χ1) is 11.5. The zero-order valence-electron chi connectivity index (χ0n) is 14.3. The zero-order chi connectivity index (χ0) is 17.3. The summed E-state index contributed by atoms with van der Waals surface area (Å²) in [6.07, 6.45) is 2.73. The Morgan fingerprint density at radius 1 is 1.29 bits per heavy atom. The molecule has 0 atom stereocenters. The van der Waals surface area contributed by atoms with Gasteiger partial charge in [0.05, 0.1) is 11.1 Å². The minimum absolute atomic E-state index is 0.00645. The molecule has 0 aliphatic heterocycles. The maximum absolute atomic E-state index is 12.5. The van der Waals surface area contributed by atoms with Gasteiger partial charge in [0.15, 0.2) is 5.78 Å². The van der Waals surface area contributed by atoms with E-state index in [0.717, 1.165) is 30.9 Å². The zero-order valence-corrected chi connectivity index (χ0v) is 14.3. The molecule has 0 unspecified atom stereocenters. The summed E-state index contributed by atoms with van der Waals surface area (Å²) in [6, 6.07) is 0. The molecule has 0 saturated carbocycles. The van der Waals surface area contributed by atoms with Crippen LogP contribution in [0.25, 0.3) is 0 Å². The number of aryl methyl sites for hydroxylation is 5. The van der Waals surface area contributed by atoms with Crippen molar-refractivity contribution in [3.05, 3.63) is 34.3 Å². The van der Waals surface area contributed by atoms with E-state index >= 15 is 0 Å². The van der Waals surface area contributed by atoms with Crippen molar-refractivity contribution in [3.63, 3.8) is 0 Å². The van der Waals surface area contributed by atoms with Crippen LogP contribution in [-0.4, -0.2) is 33.0 Å². The molecule has 24 heavy (non-hydrogen) atoms. The Balaban J connectivity index is 1.61. The quantitative estimate of drug-likeness (QED) is 0.848. The Hall–Kier alpha value is -2.44. The van der Waals surface area contributed by atoms with Crippen molar-refractivity contribution >= 4 is 11.7 Å². The third-order valence-corrected chi connectivity index (χ3v) is 4.27. The lowest BCUT2D eigenvalue weighted by atomic mass is 9.93. The van der Waals surface area contributed by atoms with E-state index in [-0.39, 0.29) is 11.7 Å². The van der Waals surface area contributed by atoms with Crippen LogP contribution in [0, 0.1) is 20.8 Å². The molecule has 1 amide bonds. The van der Waals surface area contributed by atoms with Gasteiger partial charge in [-0.05, 0) is 33.6 Å². The molecule has 0 fully saturated rings. The van der Waals surface area contributed by atoms with Gasteiger partial charge >= 0.3 is 0 Å². The second kappa shape index (κ2) is 6.59. The van der Waals surface area contributed by atoms with Gasteiger partial charge in [-0.15, -0.1) is 0 Å². The lowest BCUT2D eigenvalue weighted by molar-refractivity contribution is 0.0927. The molecule has 1 aliphatic carbocycles. The average Bonchev–Trinajstić information content (AvgIpc) is 3.03. The molecule has 0 bridgehead atoms. The average molecular weight is 330 g/mol. The van der Waals surface area contributed by atoms with Crippen molar-refractivity contribution in [2.24, 2.45) is 0 Å². The number of hydrogen-bond acceptors (Lipinski definition) is 5. The van der Waals surface area contributed by atoms with E-state index in [2.05, 4.69) is 15.4 Å². The number of aromatic nitrogens is 3. The van der Waals surface area contributed by atoms with Gasteiger partial charge in [-0.2, -0.15) is 5.10 Å². The number of nitrogens with zero attached hydrogens (tertiary/aromatic N) is 3. The molecule has 1 aliphatic rings. The largest absolute Gasteiger partial charge is 0.465 e. The minimum Gasteiger partial charge on any atom is -0.465 e. The van der Waals surface area contributed by atoms with Crippen LogP contribution >= 0.6 is 0 Å². The Morgan fingerprint density at radius 3 is 2.79 bits per heavy atom. The smallest absolute Gasteiger partial charge is 0.255 e. The third-order valence-electron chi connectivity index (χ3n) is 4.27. The van der Waals surface area contributed by atoms with Crippen molar-refractivity contribution in [1.29, 1.82) is 0 Å². The molecule has 7 heteroatoms. The van der Waals surface area contributed by atoms with E-state index in [9.17, 15) is 9.59 Å². The molecule has 0 saturated heterocycles. The number of furan rings is 1. The molecule has 0 aromatic carbocycles. The molecule has 128 valence electrons. The fourth-order valence-corrected chi connectivity index (χ4v) is 3.17. The van der Waals surface area contributed by atoms with Crippen molar-refractivity contribution in [2.45, 2.75) is 53.0 Å². The molecule has 3 rings (SSSR count).